The molecule has 0 aliphatic carbocycles. The van der Waals surface area contributed by atoms with Gasteiger partial charge < -0.3 is 0 Å². The lowest BCUT2D eigenvalue weighted by Crippen LogP contribution is -2.26. The summed E-state index contributed by atoms with van der Waals surface area (Å²) in [6, 6.07) is 0. The van der Waals surface area contributed by atoms with Gasteiger partial charge in [-0.25, -0.2) is 13.4 Å². The first-order chi connectivity index (χ1) is 5.97. The van der Waals surface area contributed by atoms with Crippen LogP contribution in [0.4, 0.5) is 0 Å². The number of thioether (sulfide) groups is 2. The molecule has 1 atom stereocenters. The van der Waals surface area contributed by atoms with Gasteiger partial charge in [-0.2, -0.15) is 0 Å². The lowest BCUT2D eigenvalue weighted by atomic mass is 10.3. The SMILES string of the molecule is CS[C@]12CS(=O)(=O)CC1=NC(=N)S2. The summed E-state index contributed by atoms with van der Waals surface area (Å²) in [4.78, 5) is 3.95. The molecule has 2 heterocycles. The maximum Gasteiger partial charge on any atom is 0.181 e. The molecule has 1 N–H and O–H groups in total. The van der Waals surface area contributed by atoms with Crippen molar-refractivity contribution in [1.29, 1.82) is 5.41 Å². The number of rotatable bonds is 1. The summed E-state index contributed by atoms with van der Waals surface area (Å²) >= 11 is 2.72. The highest BCUT2D eigenvalue weighted by atomic mass is 32.2. The molecule has 0 saturated carbocycles. The molecule has 0 radical (unpaired) electrons. The predicted octanol–water partition coefficient (Wildman–Crippen LogP) is 0.597. The van der Waals surface area contributed by atoms with Gasteiger partial charge in [-0.3, -0.25) is 5.41 Å². The molecule has 2 aliphatic heterocycles. The van der Waals surface area contributed by atoms with Crippen molar-refractivity contribution >= 4 is 44.2 Å². The predicted molar refractivity (Wildman–Crippen MR) is 57.7 cm³/mol. The number of nitrogens with zero attached hydrogens (tertiary/aromatic N) is 1. The van der Waals surface area contributed by atoms with E-state index in [1.165, 1.54) is 23.5 Å². The molecule has 1 saturated heterocycles. The van der Waals surface area contributed by atoms with Gasteiger partial charge in [0.25, 0.3) is 0 Å². The van der Waals surface area contributed by atoms with E-state index < -0.39 is 13.9 Å². The third kappa shape index (κ3) is 1.42. The van der Waals surface area contributed by atoms with Gasteiger partial charge in [-0.05, 0) is 6.26 Å². The van der Waals surface area contributed by atoms with E-state index in [9.17, 15) is 8.42 Å². The highest BCUT2D eigenvalue weighted by Gasteiger charge is 2.52. The number of hydrogen-bond acceptors (Lipinski definition) is 5. The maximum absolute atomic E-state index is 11.3. The van der Waals surface area contributed by atoms with Crippen molar-refractivity contribution in [2.24, 2.45) is 4.99 Å². The largest absolute Gasteiger partial charge is 0.277 e. The van der Waals surface area contributed by atoms with Crippen molar-refractivity contribution in [2.75, 3.05) is 17.8 Å². The Kier molecular flexibility index (Phi) is 2.01. The Hall–Kier alpha value is -0.0100. The quantitative estimate of drug-likeness (QED) is 0.723. The summed E-state index contributed by atoms with van der Waals surface area (Å²) < 4.78 is 22.2. The molecule has 0 unspecified atom stereocenters. The van der Waals surface area contributed by atoms with Crippen LogP contribution in [0.1, 0.15) is 0 Å². The minimum absolute atomic E-state index is 0.0310. The van der Waals surface area contributed by atoms with Crippen molar-refractivity contribution in [1.82, 2.24) is 0 Å². The highest BCUT2D eigenvalue weighted by Crippen LogP contribution is 2.47. The van der Waals surface area contributed by atoms with Crippen LogP contribution in [0.5, 0.6) is 0 Å². The Morgan fingerprint density at radius 2 is 2.38 bits per heavy atom. The number of nitrogens with one attached hydrogen (secondary N) is 1. The molecule has 0 aromatic rings. The second-order valence-electron chi connectivity index (χ2n) is 2.95. The van der Waals surface area contributed by atoms with Crippen LogP contribution >= 0.6 is 23.5 Å². The van der Waals surface area contributed by atoms with Crippen LogP contribution in [-0.2, 0) is 9.84 Å². The van der Waals surface area contributed by atoms with Crippen molar-refractivity contribution in [3.05, 3.63) is 0 Å². The molecule has 0 aromatic heterocycles. The summed E-state index contributed by atoms with van der Waals surface area (Å²) in [5.41, 5.74) is 0.648. The van der Waals surface area contributed by atoms with E-state index in [0.29, 0.717) is 5.71 Å². The van der Waals surface area contributed by atoms with Crippen LogP contribution in [0.2, 0.25) is 0 Å². The van der Waals surface area contributed by atoms with Crippen molar-refractivity contribution in [3.8, 4) is 0 Å². The maximum atomic E-state index is 11.3. The van der Waals surface area contributed by atoms with E-state index in [4.69, 9.17) is 5.41 Å². The summed E-state index contributed by atoms with van der Waals surface area (Å²) in [6.45, 7) is 0. The number of amidine groups is 1. The van der Waals surface area contributed by atoms with Crippen LogP contribution in [0.3, 0.4) is 0 Å². The Bertz CT molecular complexity index is 400. The Morgan fingerprint density at radius 1 is 1.69 bits per heavy atom. The summed E-state index contributed by atoms with van der Waals surface area (Å²) in [5, 5.41) is 7.61. The molecule has 4 nitrogen and oxygen atoms in total. The smallest absolute Gasteiger partial charge is 0.181 e. The van der Waals surface area contributed by atoms with E-state index in [1.807, 2.05) is 6.26 Å². The standard InChI is InChI=1S/C6H8N2O2S3/c1-11-6-3-13(9,10)2-4(6)8-5(7)12-6/h7H,2-3H2,1H3/t6-/m0/s1. The Balaban J connectivity index is 2.47. The number of hydrogen-bond donors (Lipinski definition) is 1. The second-order valence-corrected chi connectivity index (χ2v) is 7.67. The first kappa shape index (κ1) is 9.54. The van der Waals surface area contributed by atoms with Crippen molar-refractivity contribution < 1.29 is 8.42 Å². The van der Waals surface area contributed by atoms with Gasteiger partial charge in [0.2, 0.25) is 0 Å². The summed E-state index contributed by atoms with van der Waals surface area (Å²) in [5.74, 6) is 0.149. The van der Waals surface area contributed by atoms with Gasteiger partial charge in [0, 0.05) is 0 Å². The van der Waals surface area contributed by atoms with Gasteiger partial charge in [0.15, 0.2) is 15.0 Å². The topological polar surface area (TPSA) is 70.3 Å². The molecular weight excluding hydrogens is 228 g/mol. The van der Waals surface area contributed by atoms with Crippen LogP contribution < -0.4 is 0 Å². The van der Waals surface area contributed by atoms with Crippen LogP contribution in [0.25, 0.3) is 0 Å². The molecule has 2 rings (SSSR count). The molecule has 2 aliphatic rings. The normalized spacial score (nSPS) is 36.1. The van der Waals surface area contributed by atoms with Gasteiger partial charge in [0.05, 0.1) is 17.2 Å². The van der Waals surface area contributed by atoms with Crippen LogP contribution in [-0.4, -0.2) is 41.1 Å². The van der Waals surface area contributed by atoms with Crippen LogP contribution in [0.15, 0.2) is 4.99 Å². The van der Waals surface area contributed by atoms with Gasteiger partial charge >= 0.3 is 0 Å². The van der Waals surface area contributed by atoms with E-state index in [-0.39, 0.29) is 16.7 Å². The molecule has 0 amide bonds. The molecule has 1 fully saturated rings. The first-order valence-corrected chi connectivity index (χ1v) is 7.45. The minimum Gasteiger partial charge on any atom is -0.277 e. The van der Waals surface area contributed by atoms with Gasteiger partial charge in [-0.15, -0.1) is 11.8 Å². The lowest BCUT2D eigenvalue weighted by Gasteiger charge is -2.17. The summed E-state index contributed by atoms with van der Waals surface area (Å²) in [6.07, 6.45) is 1.86. The van der Waals surface area contributed by atoms with Crippen molar-refractivity contribution in [2.45, 2.75) is 4.08 Å². The molecule has 13 heavy (non-hydrogen) atoms. The zero-order chi connectivity index (χ0) is 9.69. The molecule has 72 valence electrons. The number of aliphatic imine (C=N–C) groups is 1. The van der Waals surface area contributed by atoms with E-state index in [0.717, 1.165) is 0 Å². The zero-order valence-corrected chi connectivity index (χ0v) is 9.35. The molecular formula is C6H8N2O2S3. The fraction of sp³-hybridized carbons (Fsp3) is 0.667. The lowest BCUT2D eigenvalue weighted by molar-refractivity contribution is 0.602. The molecule has 7 heteroatoms. The average Bonchev–Trinajstić information content (AvgIpc) is 2.36. The monoisotopic (exact) mass is 236 g/mol. The van der Waals surface area contributed by atoms with Crippen molar-refractivity contribution in [3.63, 3.8) is 0 Å². The fourth-order valence-electron chi connectivity index (χ4n) is 1.47. The number of sulfone groups is 1. The minimum atomic E-state index is -2.97. The molecule has 0 spiro atoms. The number of fused-ring (bicyclic) bond motifs is 1. The fourth-order valence-corrected chi connectivity index (χ4v) is 6.64. The first-order valence-electron chi connectivity index (χ1n) is 3.59. The second kappa shape index (κ2) is 2.74. The molecule has 0 bridgehead atoms. The summed E-state index contributed by atoms with van der Waals surface area (Å²) in [7, 11) is -2.97. The average molecular weight is 236 g/mol. The highest BCUT2D eigenvalue weighted by molar-refractivity contribution is 8.28. The molecule has 0 aromatic carbocycles. The van der Waals surface area contributed by atoms with Gasteiger partial charge in [-0.1, -0.05) is 11.8 Å². The van der Waals surface area contributed by atoms with E-state index >= 15 is 0 Å². The Morgan fingerprint density at radius 3 is 2.92 bits per heavy atom. The van der Waals surface area contributed by atoms with Crippen LogP contribution in [0, 0.1) is 5.41 Å². The third-order valence-electron chi connectivity index (χ3n) is 2.03. The van der Waals surface area contributed by atoms with E-state index in [1.54, 1.807) is 0 Å². The zero-order valence-electron chi connectivity index (χ0n) is 6.90. The van der Waals surface area contributed by atoms with E-state index in [2.05, 4.69) is 4.99 Å². The Labute approximate surface area is 85.0 Å². The third-order valence-corrected chi connectivity index (χ3v) is 6.77. The van der Waals surface area contributed by atoms with Gasteiger partial charge in [0.1, 0.15) is 4.08 Å².